The summed E-state index contributed by atoms with van der Waals surface area (Å²) >= 11 is 0. The van der Waals surface area contributed by atoms with E-state index in [-0.39, 0.29) is 0 Å². The van der Waals surface area contributed by atoms with E-state index in [2.05, 4.69) is 10.1 Å². The quantitative estimate of drug-likeness (QED) is 0.822. The molecule has 0 fully saturated rings. The van der Waals surface area contributed by atoms with E-state index in [1.54, 1.807) is 6.26 Å². The molecule has 0 spiro atoms. The van der Waals surface area contributed by atoms with Crippen LogP contribution in [0.3, 0.4) is 0 Å². The van der Waals surface area contributed by atoms with Crippen molar-refractivity contribution in [3.05, 3.63) is 23.9 Å². The van der Waals surface area contributed by atoms with Crippen molar-refractivity contribution in [1.29, 1.82) is 0 Å². The van der Waals surface area contributed by atoms with Crippen LogP contribution >= 0.6 is 0 Å². The Hall–Kier alpha value is -1.62. The van der Waals surface area contributed by atoms with Gasteiger partial charge in [0.1, 0.15) is 12.0 Å². The zero-order valence-corrected chi connectivity index (χ0v) is 8.56. The van der Waals surface area contributed by atoms with Gasteiger partial charge in [-0.25, -0.2) is 0 Å². The molecule has 0 aromatic carbocycles. The van der Waals surface area contributed by atoms with E-state index < -0.39 is 0 Å². The molecule has 0 saturated carbocycles. The van der Waals surface area contributed by atoms with E-state index in [1.165, 1.54) is 0 Å². The zero-order chi connectivity index (χ0) is 10.7. The predicted octanol–water partition coefficient (Wildman–Crippen LogP) is 1.53. The molecular formula is C10H13N3O2. The fraction of sp³-hybridized carbons (Fsp3) is 0.400. The largest absolute Gasteiger partial charge is 0.469 e. The van der Waals surface area contributed by atoms with Crippen LogP contribution in [0.25, 0.3) is 11.5 Å². The first-order chi connectivity index (χ1) is 7.29. The maximum absolute atomic E-state index is 5.40. The Bertz CT molecular complexity index is 433. The molecule has 0 aliphatic rings. The van der Waals surface area contributed by atoms with E-state index in [1.807, 2.05) is 13.0 Å². The maximum Gasteiger partial charge on any atom is 0.261 e. The number of aryl methyl sites for hydroxylation is 2. The second-order valence-electron chi connectivity index (χ2n) is 3.35. The summed E-state index contributed by atoms with van der Waals surface area (Å²) in [5, 5.41) is 3.86. The molecule has 0 radical (unpaired) electrons. The van der Waals surface area contributed by atoms with Crippen molar-refractivity contribution in [2.24, 2.45) is 5.73 Å². The summed E-state index contributed by atoms with van der Waals surface area (Å²) in [6, 6.07) is 1.86. The average Bonchev–Trinajstić information content (AvgIpc) is 2.83. The van der Waals surface area contributed by atoms with Gasteiger partial charge in [-0.05, 0) is 26.0 Å². The third-order valence-electron chi connectivity index (χ3n) is 2.05. The topological polar surface area (TPSA) is 78.1 Å². The van der Waals surface area contributed by atoms with Crippen molar-refractivity contribution in [3.8, 4) is 11.5 Å². The van der Waals surface area contributed by atoms with Crippen LogP contribution in [0.5, 0.6) is 0 Å². The number of hydrogen-bond donors (Lipinski definition) is 1. The number of furan rings is 1. The van der Waals surface area contributed by atoms with Gasteiger partial charge in [0.15, 0.2) is 5.82 Å². The molecule has 2 heterocycles. The minimum Gasteiger partial charge on any atom is -0.469 e. The second kappa shape index (κ2) is 4.27. The van der Waals surface area contributed by atoms with Crippen molar-refractivity contribution < 1.29 is 8.94 Å². The van der Waals surface area contributed by atoms with Gasteiger partial charge in [-0.3, -0.25) is 0 Å². The molecule has 2 aromatic heterocycles. The minimum absolute atomic E-state index is 0.499. The molecule has 0 aliphatic heterocycles. The summed E-state index contributed by atoms with van der Waals surface area (Å²) in [7, 11) is 0. The van der Waals surface area contributed by atoms with Gasteiger partial charge in [-0.2, -0.15) is 4.98 Å². The molecule has 15 heavy (non-hydrogen) atoms. The van der Waals surface area contributed by atoms with Crippen molar-refractivity contribution in [1.82, 2.24) is 10.1 Å². The van der Waals surface area contributed by atoms with Crippen molar-refractivity contribution in [2.45, 2.75) is 19.8 Å². The molecule has 5 heteroatoms. The van der Waals surface area contributed by atoms with Crippen LogP contribution in [0.4, 0.5) is 0 Å². The summed E-state index contributed by atoms with van der Waals surface area (Å²) in [5.74, 6) is 2.01. The SMILES string of the molecule is Cc1cc(-c2nc(CCCN)no2)co1. The van der Waals surface area contributed by atoms with Gasteiger partial charge in [-0.1, -0.05) is 5.16 Å². The lowest BCUT2D eigenvalue weighted by Crippen LogP contribution is -2.01. The molecule has 80 valence electrons. The smallest absolute Gasteiger partial charge is 0.261 e. The molecule has 2 N–H and O–H groups in total. The zero-order valence-electron chi connectivity index (χ0n) is 8.56. The van der Waals surface area contributed by atoms with Crippen LogP contribution in [-0.4, -0.2) is 16.7 Å². The highest BCUT2D eigenvalue weighted by Gasteiger charge is 2.10. The maximum atomic E-state index is 5.40. The fourth-order valence-electron chi connectivity index (χ4n) is 1.29. The molecule has 5 nitrogen and oxygen atoms in total. The predicted molar refractivity (Wildman–Crippen MR) is 54.1 cm³/mol. The summed E-state index contributed by atoms with van der Waals surface area (Å²) in [5.41, 5.74) is 6.21. The van der Waals surface area contributed by atoms with E-state index in [9.17, 15) is 0 Å². The van der Waals surface area contributed by atoms with E-state index in [0.29, 0.717) is 18.3 Å². The highest BCUT2D eigenvalue weighted by Crippen LogP contribution is 2.19. The molecule has 2 rings (SSSR count). The van der Waals surface area contributed by atoms with Crippen molar-refractivity contribution in [2.75, 3.05) is 6.54 Å². The molecular weight excluding hydrogens is 194 g/mol. The lowest BCUT2D eigenvalue weighted by molar-refractivity contribution is 0.421. The normalized spacial score (nSPS) is 10.8. The Morgan fingerprint density at radius 2 is 2.33 bits per heavy atom. The Balaban J connectivity index is 2.13. The molecule has 0 saturated heterocycles. The second-order valence-corrected chi connectivity index (χ2v) is 3.35. The summed E-state index contributed by atoms with van der Waals surface area (Å²) in [6.45, 7) is 2.50. The van der Waals surface area contributed by atoms with Crippen LogP contribution < -0.4 is 5.73 Å². The summed E-state index contributed by atoms with van der Waals surface area (Å²) in [4.78, 5) is 4.24. The lowest BCUT2D eigenvalue weighted by atomic mass is 10.3. The Kier molecular flexibility index (Phi) is 2.82. The minimum atomic E-state index is 0.499. The summed E-state index contributed by atoms with van der Waals surface area (Å²) < 4.78 is 10.3. The Morgan fingerprint density at radius 3 is 3.00 bits per heavy atom. The van der Waals surface area contributed by atoms with Crippen LogP contribution in [0.1, 0.15) is 18.0 Å². The average molecular weight is 207 g/mol. The molecule has 0 bridgehead atoms. The molecule has 0 aliphatic carbocycles. The number of rotatable bonds is 4. The third-order valence-corrected chi connectivity index (χ3v) is 2.05. The first-order valence-electron chi connectivity index (χ1n) is 4.88. The van der Waals surface area contributed by atoms with E-state index in [0.717, 1.165) is 24.2 Å². The third kappa shape index (κ3) is 2.24. The lowest BCUT2D eigenvalue weighted by Gasteiger charge is -1.87. The van der Waals surface area contributed by atoms with Gasteiger partial charge < -0.3 is 14.7 Å². The van der Waals surface area contributed by atoms with E-state index >= 15 is 0 Å². The van der Waals surface area contributed by atoms with Crippen molar-refractivity contribution in [3.63, 3.8) is 0 Å². The molecule has 0 unspecified atom stereocenters. The highest BCUT2D eigenvalue weighted by molar-refractivity contribution is 5.51. The van der Waals surface area contributed by atoms with Crippen LogP contribution in [0.2, 0.25) is 0 Å². The van der Waals surface area contributed by atoms with Gasteiger partial charge in [-0.15, -0.1) is 0 Å². The Labute approximate surface area is 87.3 Å². The Morgan fingerprint density at radius 1 is 1.47 bits per heavy atom. The van der Waals surface area contributed by atoms with Gasteiger partial charge in [0.25, 0.3) is 5.89 Å². The van der Waals surface area contributed by atoms with Gasteiger partial charge in [0.05, 0.1) is 5.56 Å². The van der Waals surface area contributed by atoms with Crippen LogP contribution in [-0.2, 0) is 6.42 Å². The number of hydrogen-bond acceptors (Lipinski definition) is 5. The number of nitrogens with zero attached hydrogens (tertiary/aromatic N) is 2. The first kappa shape index (κ1) is 9.92. The first-order valence-corrected chi connectivity index (χ1v) is 4.88. The van der Waals surface area contributed by atoms with Crippen LogP contribution in [0, 0.1) is 6.92 Å². The van der Waals surface area contributed by atoms with Gasteiger partial charge in [0.2, 0.25) is 0 Å². The standard InChI is InChI=1S/C10H13N3O2/c1-7-5-8(6-14-7)10-12-9(13-15-10)3-2-4-11/h5-6H,2-4,11H2,1H3. The molecule has 0 atom stereocenters. The van der Waals surface area contributed by atoms with Gasteiger partial charge in [0, 0.05) is 6.42 Å². The highest BCUT2D eigenvalue weighted by atomic mass is 16.5. The van der Waals surface area contributed by atoms with Gasteiger partial charge >= 0.3 is 0 Å². The van der Waals surface area contributed by atoms with Crippen molar-refractivity contribution >= 4 is 0 Å². The van der Waals surface area contributed by atoms with Crippen LogP contribution in [0.15, 0.2) is 21.3 Å². The van der Waals surface area contributed by atoms with E-state index in [4.69, 9.17) is 14.7 Å². The number of aromatic nitrogens is 2. The molecule has 0 amide bonds. The molecule has 2 aromatic rings. The fourth-order valence-corrected chi connectivity index (χ4v) is 1.29. The number of nitrogens with two attached hydrogens (primary N) is 1. The monoisotopic (exact) mass is 207 g/mol. The summed E-state index contributed by atoms with van der Waals surface area (Å²) in [6.07, 6.45) is 3.22.